The van der Waals surface area contributed by atoms with Gasteiger partial charge >= 0.3 is 0 Å². The van der Waals surface area contributed by atoms with Crippen LogP contribution in [0, 0.1) is 0 Å². The van der Waals surface area contributed by atoms with Gasteiger partial charge in [-0.25, -0.2) is 5.43 Å². The normalized spacial score (nSPS) is 11.0. The molecule has 0 aliphatic heterocycles. The van der Waals surface area contributed by atoms with Crippen molar-refractivity contribution in [3.05, 3.63) is 59.2 Å². The zero-order chi connectivity index (χ0) is 20.5. The lowest BCUT2D eigenvalue weighted by Crippen LogP contribution is -2.26. The molecule has 28 heavy (non-hydrogen) atoms. The predicted octanol–water partition coefficient (Wildman–Crippen LogP) is 1.47. The molecule has 2 aromatic carbocycles. The van der Waals surface area contributed by atoms with Gasteiger partial charge in [0, 0.05) is 18.0 Å². The van der Waals surface area contributed by atoms with Crippen molar-refractivity contribution in [1.82, 2.24) is 5.43 Å². The summed E-state index contributed by atoms with van der Waals surface area (Å²) < 4.78 is 10.6. The van der Waals surface area contributed by atoms with Gasteiger partial charge in [0.2, 0.25) is 0 Å². The van der Waals surface area contributed by atoms with Gasteiger partial charge in [-0.05, 0) is 54.8 Å². The summed E-state index contributed by atoms with van der Waals surface area (Å²) in [5.41, 5.74) is 5.27. The molecule has 0 saturated carbocycles. The second-order valence-corrected chi connectivity index (χ2v) is 6.09. The minimum Gasteiger partial charge on any atom is -0.550 e. The van der Waals surface area contributed by atoms with Crippen molar-refractivity contribution in [2.24, 2.45) is 5.10 Å². The highest BCUT2D eigenvalue weighted by molar-refractivity contribution is 5.99. The fourth-order valence-corrected chi connectivity index (χ4v) is 2.51. The molecule has 0 aliphatic carbocycles. The first kappa shape index (κ1) is 21.0. The zero-order valence-electron chi connectivity index (χ0n) is 16.2. The maximum atomic E-state index is 11.9. The van der Waals surface area contributed by atoms with E-state index >= 15 is 0 Å². The van der Waals surface area contributed by atoms with Crippen molar-refractivity contribution in [2.45, 2.75) is 26.7 Å². The van der Waals surface area contributed by atoms with Crippen LogP contribution in [0.5, 0.6) is 11.5 Å². The third-order valence-electron chi connectivity index (χ3n) is 4.08. The molecule has 7 nitrogen and oxygen atoms in total. The van der Waals surface area contributed by atoms with E-state index in [1.807, 2.05) is 24.3 Å². The van der Waals surface area contributed by atoms with Crippen LogP contribution in [0.1, 0.15) is 30.5 Å². The molecule has 0 aliphatic rings. The Bertz CT molecular complexity index is 860. The number of hydrogen-bond donors (Lipinski definition) is 1. The summed E-state index contributed by atoms with van der Waals surface area (Å²) >= 11 is 0. The van der Waals surface area contributed by atoms with Crippen molar-refractivity contribution < 1.29 is 24.2 Å². The Labute approximate surface area is 164 Å². The smallest absolute Gasteiger partial charge is 0.277 e. The number of nitrogens with zero attached hydrogens (tertiary/aromatic N) is 1. The molecule has 0 heterocycles. The number of carbonyl (C=O) groups excluding carboxylic acids is 2. The number of benzene rings is 2. The van der Waals surface area contributed by atoms with Gasteiger partial charge in [0.1, 0.15) is 11.5 Å². The van der Waals surface area contributed by atoms with Gasteiger partial charge in [-0.3, -0.25) is 4.79 Å². The lowest BCUT2D eigenvalue weighted by Gasteiger charge is -2.11. The summed E-state index contributed by atoms with van der Waals surface area (Å²) in [5, 5.41) is 14.9. The van der Waals surface area contributed by atoms with Gasteiger partial charge in [-0.1, -0.05) is 19.1 Å². The molecule has 148 valence electrons. The first-order valence-electron chi connectivity index (χ1n) is 8.85. The number of aliphatic carboxylic acids is 1. The molecule has 0 saturated heterocycles. The zero-order valence-corrected chi connectivity index (χ0v) is 16.2. The third kappa shape index (κ3) is 6.12. The molecular weight excluding hydrogens is 360 g/mol. The van der Waals surface area contributed by atoms with Gasteiger partial charge in [0.15, 0.2) is 6.61 Å². The van der Waals surface area contributed by atoms with Gasteiger partial charge in [-0.2, -0.15) is 5.10 Å². The molecule has 0 bridgehead atoms. The lowest BCUT2D eigenvalue weighted by atomic mass is 10.0. The largest absolute Gasteiger partial charge is 0.550 e. The quantitative estimate of drug-likeness (QED) is 0.522. The highest BCUT2D eigenvalue weighted by Gasteiger charge is 2.08. The van der Waals surface area contributed by atoms with Crippen molar-refractivity contribution in [1.29, 1.82) is 0 Å². The standard InChI is InChI=1S/C21H24N2O5/c1-4-15-5-8-18(9-6-15)28-13-20(24)23-22-14(2)16-7-10-19(27-3)17(11-16)12-21(25)26/h5-11H,4,12-13H2,1-3H3,(H,23,24)(H,25,26)/p-1/b22-14-. The molecule has 0 unspecified atom stereocenters. The molecule has 1 amide bonds. The summed E-state index contributed by atoms with van der Waals surface area (Å²) in [7, 11) is 1.46. The number of nitrogens with one attached hydrogen (secondary N) is 1. The number of carboxylic acid groups (broad SMARTS) is 1. The van der Waals surface area contributed by atoms with Crippen LogP contribution in [0.4, 0.5) is 0 Å². The number of hydrazone groups is 1. The lowest BCUT2D eigenvalue weighted by molar-refractivity contribution is -0.304. The molecule has 0 fully saturated rings. The summed E-state index contributed by atoms with van der Waals surface area (Å²) in [5.74, 6) is -0.549. The summed E-state index contributed by atoms with van der Waals surface area (Å²) in [4.78, 5) is 22.8. The number of rotatable bonds is 9. The molecular formula is C21H23N2O5-. The van der Waals surface area contributed by atoms with Gasteiger partial charge in [0.05, 0.1) is 12.8 Å². The minimum absolute atomic E-state index is 0.166. The van der Waals surface area contributed by atoms with Crippen LogP contribution >= 0.6 is 0 Å². The van der Waals surface area contributed by atoms with Crippen molar-refractivity contribution in [3.8, 4) is 11.5 Å². The summed E-state index contributed by atoms with van der Waals surface area (Å²) in [6, 6.07) is 12.6. The van der Waals surface area contributed by atoms with Gasteiger partial charge < -0.3 is 19.4 Å². The van der Waals surface area contributed by atoms with Crippen molar-refractivity contribution >= 4 is 17.6 Å². The SMILES string of the molecule is CCc1ccc(OCC(=O)N/N=C(/C)c2ccc(OC)c(CC(=O)[O-])c2)cc1. The van der Waals surface area contributed by atoms with Crippen LogP contribution in [-0.2, 0) is 22.4 Å². The van der Waals surface area contributed by atoms with Crippen molar-refractivity contribution in [3.63, 3.8) is 0 Å². The highest BCUT2D eigenvalue weighted by atomic mass is 16.5. The second kappa shape index (κ2) is 10.1. The van der Waals surface area contributed by atoms with E-state index in [2.05, 4.69) is 17.5 Å². The van der Waals surface area contributed by atoms with Crippen LogP contribution < -0.4 is 20.0 Å². The molecule has 2 rings (SSSR count). The van der Waals surface area contributed by atoms with E-state index in [4.69, 9.17) is 9.47 Å². The minimum atomic E-state index is -1.21. The molecule has 1 N–H and O–H groups in total. The third-order valence-corrected chi connectivity index (χ3v) is 4.08. The van der Waals surface area contributed by atoms with E-state index in [1.54, 1.807) is 25.1 Å². The number of aryl methyl sites for hydroxylation is 1. The second-order valence-electron chi connectivity index (χ2n) is 6.09. The molecule has 0 aromatic heterocycles. The monoisotopic (exact) mass is 383 g/mol. The van der Waals surface area contributed by atoms with E-state index in [0.717, 1.165) is 6.42 Å². The van der Waals surface area contributed by atoms with E-state index in [1.165, 1.54) is 12.7 Å². The fourth-order valence-electron chi connectivity index (χ4n) is 2.51. The molecule has 0 radical (unpaired) electrons. The first-order chi connectivity index (χ1) is 13.4. The predicted molar refractivity (Wildman–Crippen MR) is 103 cm³/mol. The maximum Gasteiger partial charge on any atom is 0.277 e. The average molecular weight is 383 g/mol. The number of carboxylic acids is 1. The number of carbonyl (C=O) groups is 2. The number of amides is 1. The average Bonchev–Trinajstić information content (AvgIpc) is 2.70. The van der Waals surface area contributed by atoms with Crippen LogP contribution in [0.3, 0.4) is 0 Å². The Morgan fingerprint density at radius 3 is 2.46 bits per heavy atom. The highest BCUT2D eigenvalue weighted by Crippen LogP contribution is 2.20. The summed E-state index contributed by atoms with van der Waals surface area (Å²) in [6.07, 6.45) is 0.659. The Balaban J connectivity index is 1.96. The van der Waals surface area contributed by atoms with E-state index in [-0.39, 0.29) is 13.0 Å². The van der Waals surface area contributed by atoms with Gasteiger partial charge in [0.25, 0.3) is 5.91 Å². The molecule has 0 spiro atoms. The summed E-state index contributed by atoms with van der Waals surface area (Å²) in [6.45, 7) is 3.60. The molecule has 0 atom stereocenters. The fraction of sp³-hybridized carbons (Fsp3) is 0.286. The van der Waals surface area contributed by atoms with Crippen LogP contribution in [-0.4, -0.2) is 31.3 Å². The topological polar surface area (TPSA) is 100 Å². The van der Waals surface area contributed by atoms with E-state index in [9.17, 15) is 14.7 Å². The Morgan fingerprint density at radius 2 is 1.86 bits per heavy atom. The number of ether oxygens (including phenoxy) is 2. The van der Waals surface area contributed by atoms with E-state index < -0.39 is 11.9 Å². The Hall–Kier alpha value is -3.35. The van der Waals surface area contributed by atoms with Crippen LogP contribution in [0.2, 0.25) is 0 Å². The maximum absolute atomic E-state index is 11.9. The van der Waals surface area contributed by atoms with Crippen molar-refractivity contribution in [2.75, 3.05) is 13.7 Å². The molecule has 7 heteroatoms. The Morgan fingerprint density at radius 1 is 1.14 bits per heavy atom. The van der Waals surface area contributed by atoms with Crippen LogP contribution in [0.25, 0.3) is 0 Å². The number of methoxy groups -OCH3 is 1. The Kier molecular flexibility index (Phi) is 7.56. The van der Waals surface area contributed by atoms with E-state index in [0.29, 0.717) is 28.3 Å². The molecule has 2 aromatic rings. The number of hydrogen-bond acceptors (Lipinski definition) is 6. The first-order valence-corrected chi connectivity index (χ1v) is 8.85. The van der Waals surface area contributed by atoms with Crippen LogP contribution in [0.15, 0.2) is 47.6 Å². The van der Waals surface area contributed by atoms with Gasteiger partial charge in [-0.15, -0.1) is 0 Å².